The van der Waals surface area contributed by atoms with Gasteiger partial charge in [-0.2, -0.15) is 0 Å². The van der Waals surface area contributed by atoms with E-state index >= 15 is 0 Å². The van der Waals surface area contributed by atoms with E-state index < -0.39 is 0 Å². The number of halogens is 2. The van der Waals surface area contributed by atoms with E-state index in [0.717, 1.165) is 11.1 Å². The number of amides is 1. The number of benzene rings is 2. The molecular weight excluding hydrogens is 357 g/mol. The molecule has 2 heterocycles. The van der Waals surface area contributed by atoms with Crippen LogP contribution >= 0.6 is 12.4 Å². The van der Waals surface area contributed by atoms with Gasteiger partial charge < -0.3 is 10.2 Å². The van der Waals surface area contributed by atoms with E-state index in [0.29, 0.717) is 30.7 Å². The Morgan fingerprint density at radius 3 is 2.92 bits per heavy atom. The highest BCUT2D eigenvalue weighted by Gasteiger charge is 2.29. The summed E-state index contributed by atoms with van der Waals surface area (Å²) in [6.45, 7) is 1.88. The number of nitrogens with zero attached hydrogens (tertiary/aromatic N) is 4. The molecule has 1 aromatic heterocycles. The average molecular weight is 376 g/mol. The van der Waals surface area contributed by atoms with Gasteiger partial charge in [-0.25, -0.2) is 9.07 Å². The van der Waals surface area contributed by atoms with Gasteiger partial charge in [0.05, 0.1) is 11.6 Å². The van der Waals surface area contributed by atoms with E-state index in [-0.39, 0.29) is 30.2 Å². The van der Waals surface area contributed by atoms with Crippen molar-refractivity contribution in [3.63, 3.8) is 0 Å². The molecule has 1 aliphatic heterocycles. The Morgan fingerprint density at radius 1 is 1.27 bits per heavy atom. The Bertz CT molecular complexity index is 944. The number of rotatable bonds is 2. The first-order valence-electron chi connectivity index (χ1n) is 8.20. The molecule has 4 rings (SSSR count). The van der Waals surface area contributed by atoms with Crippen molar-refractivity contribution in [2.75, 3.05) is 19.6 Å². The maximum Gasteiger partial charge on any atom is 0.254 e. The molecule has 1 amide bonds. The monoisotopic (exact) mass is 375 g/mol. The van der Waals surface area contributed by atoms with Crippen LogP contribution in [0.3, 0.4) is 0 Å². The summed E-state index contributed by atoms with van der Waals surface area (Å²) in [5.41, 5.74) is 2.92. The number of aromatic nitrogens is 3. The summed E-state index contributed by atoms with van der Waals surface area (Å²) >= 11 is 0. The molecule has 26 heavy (non-hydrogen) atoms. The Morgan fingerprint density at radius 2 is 2.12 bits per heavy atom. The molecule has 8 heteroatoms. The number of carbonyl (C=O) groups excluding carboxylic acids is 1. The van der Waals surface area contributed by atoms with E-state index in [2.05, 4.69) is 15.6 Å². The minimum atomic E-state index is -0.295. The fourth-order valence-electron chi connectivity index (χ4n) is 3.30. The van der Waals surface area contributed by atoms with E-state index in [1.54, 1.807) is 27.8 Å². The minimum Gasteiger partial charge on any atom is -0.329 e. The van der Waals surface area contributed by atoms with Crippen LogP contribution in [0.1, 0.15) is 22.0 Å². The summed E-state index contributed by atoms with van der Waals surface area (Å²) in [6.07, 6.45) is 0. The number of nitrogens with one attached hydrogen (secondary N) is 1. The van der Waals surface area contributed by atoms with Gasteiger partial charge in [0.1, 0.15) is 11.3 Å². The fourth-order valence-corrected chi connectivity index (χ4v) is 3.30. The predicted octanol–water partition coefficient (Wildman–Crippen LogP) is 2.32. The molecule has 1 N–H and O–H groups in total. The molecule has 0 radical (unpaired) electrons. The van der Waals surface area contributed by atoms with Crippen molar-refractivity contribution in [1.29, 1.82) is 0 Å². The second-order valence-electron chi connectivity index (χ2n) is 6.19. The van der Waals surface area contributed by atoms with Gasteiger partial charge >= 0.3 is 0 Å². The Kier molecular flexibility index (Phi) is 5.20. The lowest BCUT2D eigenvalue weighted by Crippen LogP contribution is -2.48. The van der Waals surface area contributed by atoms with Crippen LogP contribution in [0.4, 0.5) is 4.39 Å². The van der Waals surface area contributed by atoms with Gasteiger partial charge in [-0.1, -0.05) is 17.3 Å². The molecule has 1 aliphatic rings. The standard InChI is InChI=1S/C18H18FN5O.ClH/c1-23-16-6-5-13(10-15(16)21-22-23)18(25)24-8-7-20-11-17(24)12-3-2-4-14(19)9-12;/h2-6,9-10,17,20H,7-8,11H2,1H3;1H. The summed E-state index contributed by atoms with van der Waals surface area (Å²) < 4.78 is 15.3. The predicted molar refractivity (Wildman–Crippen MR) is 98.8 cm³/mol. The van der Waals surface area contributed by atoms with E-state index in [1.165, 1.54) is 12.1 Å². The third-order valence-electron chi connectivity index (χ3n) is 4.60. The lowest BCUT2D eigenvalue weighted by molar-refractivity contribution is 0.0634. The number of hydrogen-bond acceptors (Lipinski definition) is 4. The van der Waals surface area contributed by atoms with Crippen LogP contribution in [0.5, 0.6) is 0 Å². The topological polar surface area (TPSA) is 63.1 Å². The maximum absolute atomic E-state index is 13.6. The second-order valence-corrected chi connectivity index (χ2v) is 6.19. The van der Waals surface area contributed by atoms with Gasteiger partial charge in [0, 0.05) is 32.2 Å². The molecule has 3 aromatic rings. The average Bonchev–Trinajstić information content (AvgIpc) is 3.01. The van der Waals surface area contributed by atoms with E-state index in [1.807, 2.05) is 19.2 Å². The highest BCUT2D eigenvalue weighted by molar-refractivity contribution is 5.97. The molecule has 0 aliphatic carbocycles. The van der Waals surface area contributed by atoms with Crippen LogP contribution in [-0.4, -0.2) is 45.4 Å². The van der Waals surface area contributed by atoms with Gasteiger partial charge in [0.25, 0.3) is 5.91 Å². The molecule has 0 spiro atoms. The first-order valence-corrected chi connectivity index (χ1v) is 8.20. The summed E-state index contributed by atoms with van der Waals surface area (Å²) in [5.74, 6) is -0.375. The Hall–Kier alpha value is -2.51. The number of fused-ring (bicyclic) bond motifs is 1. The van der Waals surface area contributed by atoms with Crippen molar-refractivity contribution < 1.29 is 9.18 Å². The summed E-state index contributed by atoms with van der Waals surface area (Å²) in [6, 6.07) is 11.6. The summed E-state index contributed by atoms with van der Waals surface area (Å²) in [4.78, 5) is 14.9. The number of aryl methyl sites for hydroxylation is 1. The van der Waals surface area contributed by atoms with Crippen molar-refractivity contribution in [2.24, 2.45) is 7.05 Å². The zero-order chi connectivity index (χ0) is 17.4. The molecule has 0 bridgehead atoms. The Labute approximate surface area is 156 Å². The molecule has 1 unspecified atom stereocenters. The summed E-state index contributed by atoms with van der Waals surface area (Å²) in [5, 5.41) is 11.3. The number of carbonyl (C=O) groups is 1. The third-order valence-corrected chi connectivity index (χ3v) is 4.60. The third kappa shape index (κ3) is 3.27. The smallest absolute Gasteiger partial charge is 0.254 e. The van der Waals surface area contributed by atoms with Crippen molar-refractivity contribution in [3.05, 3.63) is 59.4 Å². The first kappa shape index (κ1) is 18.3. The minimum absolute atomic E-state index is 0. The van der Waals surface area contributed by atoms with Crippen LogP contribution < -0.4 is 5.32 Å². The molecule has 1 fully saturated rings. The fraction of sp³-hybridized carbons (Fsp3) is 0.278. The Balaban J connectivity index is 0.00000196. The van der Waals surface area contributed by atoms with Crippen LogP contribution in [0.25, 0.3) is 11.0 Å². The van der Waals surface area contributed by atoms with Gasteiger partial charge in [0.15, 0.2) is 0 Å². The van der Waals surface area contributed by atoms with Gasteiger partial charge in [-0.3, -0.25) is 4.79 Å². The lowest BCUT2D eigenvalue weighted by atomic mass is 10.0. The molecule has 1 atom stereocenters. The molecule has 2 aromatic carbocycles. The normalized spacial score (nSPS) is 17.2. The van der Waals surface area contributed by atoms with Crippen LogP contribution in [0, 0.1) is 5.82 Å². The van der Waals surface area contributed by atoms with E-state index in [9.17, 15) is 9.18 Å². The number of hydrogen-bond donors (Lipinski definition) is 1. The van der Waals surface area contributed by atoms with Gasteiger partial charge in [0.2, 0.25) is 0 Å². The SMILES string of the molecule is Cl.Cn1nnc2cc(C(=O)N3CCNCC3c3cccc(F)c3)ccc21. The lowest BCUT2D eigenvalue weighted by Gasteiger charge is -2.36. The number of piperazine rings is 1. The molecule has 1 saturated heterocycles. The highest BCUT2D eigenvalue weighted by atomic mass is 35.5. The molecular formula is C18H19ClFN5O. The van der Waals surface area contributed by atoms with Crippen LogP contribution in [-0.2, 0) is 7.05 Å². The van der Waals surface area contributed by atoms with Crippen molar-refractivity contribution in [1.82, 2.24) is 25.2 Å². The zero-order valence-electron chi connectivity index (χ0n) is 14.2. The summed E-state index contributed by atoms with van der Waals surface area (Å²) in [7, 11) is 1.81. The zero-order valence-corrected chi connectivity index (χ0v) is 15.0. The van der Waals surface area contributed by atoms with E-state index in [4.69, 9.17) is 0 Å². The quantitative estimate of drug-likeness (QED) is 0.746. The molecule has 136 valence electrons. The van der Waals surface area contributed by atoms with Crippen molar-refractivity contribution in [2.45, 2.75) is 6.04 Å². The maximum atomic E-state index is 13.6. The van der Waals surface area contributed by atoms with Gasteiger partial charge in [-0.05, 0) is 35.9 Å². The molecule has 0 saturated carbocycles. The van der Waals surface area contributed by atoms with Crippen LogP contribution in [0.2, 0.25) is 0 Å². The highest BCUT2D eigenvalue weighted by Crippen LogP contribution is 2.25. The largest absolute Gasteiger partial charge is 0.329 e. The van der Waals surface area contributed by atoms with Crippen molar-refractivity contribution >= 4 is 29.3 Å². The van der Waals surface area contributed by atoms with Crippen molar-refractivity contribution in [3.8, 4) is 0 Å². The van der Waals surface area contributed by atoms with Gasteiger partial charge in [-0.15, -0.1) is 17.5 Å². The van der Waals surface area contributed by atoms with Crippen LogP contribution in [0.15, 0.2) is 42.5 Å². The first-order chi connectivity index (χ1) is 12.1. The second kappa shape index (κ2) is 7.39. The molecule has 6 nitrogen and oxygen atoms in total.